The molecule has 0 saturated heterocycles. The number of hydrogen-bond donors (Lipinski definition) is 0. The van der Waals surface area contributed by atoms with E-state index >= 15 is 0 Å². The van der Waals surface area contributed by atoms with Crippen molar-refractivity contribution in [1.82, 2.24) is 5.06 Å². The van der Waals surface area contributed by atoms with E-state index in [-0.39, 0.29) is 41.2 Å². The third-order valence-corrected chi connectivity index (χ3v) is 4.66. The molecule has 0 saturated carbocycles. The van der Waals surface area contributed by atoms with Crippen LogP contribution in [0.3, 0.4) is 0 Å². The summed E-state index contributed by atoms with van der Waals surface area (Å²) >= 11 is 0. The summed E-state index contributed by atoms with van der Waals surface area (Å²) in [5.41, 5.74) is -2.10. The van der Waals surface area contributed by atoms with Crippen LogP contribution in [0.15, 0.2) is 21.6 Å². The average molecular weight is 325 g/mol. The summed E-state index contributed by atoms with van der Waals surface area (Å²) < 4.78 is 37.8. The van der Waals surface area contributed by atoms with Gasteiger partial charge in [-0.25, -0.2) is 8.42 Å². The van der Waals surface area contributed by atoms with Gasteiger partial charge in [0.2, 0.25) is 10.9 Å². The molecule has 0 fully saturated rings. The molecule has 2 rings (SSSR count). The van der Waals surface area contributed by atoms with Crippen molar-refractivity contribution in [3.8, 4) is 0 Å². The molecule has 1 aromatic rings. The number of hydroxylamine groups is 3. The summed E-state index contributed by atoms with van der Waals surface area (Å²) in [6.07, 6.45) is 0. The zero-order valence-corrected chi connectivity index (χ0v) is 15.2. The molecule has 0 aromatic carbocycles. The number of hydrogen-bond acceptors (Lipinski definition) is 7. The van der Waals surface area contributed by atoms with Crippen LogP contribution in [-0.4, -0.2) is 39.7 Å². The summed E-state index contributed by atoms with van der Waals surface area (Å²) in [4.78, 5) is 0. The van der Waals surface area contributed by atoms with Crippen molar-refractivity contribution in [2.75, 3.05) is 0 Å². The molecule has 0 N–H and O–H groups in total. The van der Waals surface area contributed by atoms with Crippen LogP contribution in [0.1, 0.15) is 33.5 Å². The molecule has 8 nitrogen and oxygen atoms in total. The van der Waals surface area contributed by atoms with Gasteiger partial charge in [-0.2, -0.15) is 0 Å². The van der Waals surface area contributed by atoms with E-state index in [0.717, 1.165) is 12.1 Å². The average Bonchev–Trinajstić information content (AvgIpc) is 2.80. The van der Waals surface area contributed by atoms with Gasteiger partial charge in [-0.3, -0.25) is 9.80 Å². The molecule has 0 bridgehead atoms. The Morgan fingerprint density at radius 2 is 1.76 bits per heavy atom. The second-order valence-electron chi connectivity index (χ2n) is 5.60. The van der Waals surface area contributed by atoms with Gasteiger partial charge < -0.3 is 19.4 Å². The minimum Gasteiger partial charge on any atom is -0.742 e. The Kier molecular flexibility index (Phi) is 4.62. The fraction of sp³-hybridized carbons (Fsp3) is 0.545. The smallest absolute Gasteiger partial charge is 0.742 e. The maximum atomic E-state index is 12.3. The van der Waals surface area contributed by atoms with Crippen LogP contribution in [0.4, 0.5) is 0 Å². The van der Waals surface area contributed by atoms with Crippen molar-refractivity contribution >= 4 is 16.0 Å². The fourth-order valence-corrected chi connectivity index (χ4v) is 2.31. The van der Waals surface area contributed by atoms with Gasteiger partial charge in [-0.15, -0.1) is 0 Å². The Morgan fingerprint density at radius 3 is 2.10 bits per heavy atom. The predicted octanol–water partition coefficient (Wildman–Crippen LogP) is -2.18. The van der Waals surface area contributed by atoms with Crippen molar-refractivity contribution in [3.05, 3.63) is 28.3 Å². The third kappa shape index (κ3) is 2.62. The SMILES string of the molecule is CC1(C)N([O-])C(c2ccc(S(=O)(=O)[O-])o2)=[N+]([O-])C1(C)C.[Na+]. The molecule has 1 aliphatic rings. The van der Waals surface area contributed by atoms with Crippen LogP contribution in [0.2, 0.25) is 0 Å². The molecular weight excluding hydrogens is 311 g/mol. The summed E-state index contributed by atoms with van der Waals surface area (Å²) in [5.74, 6) is -0.599. The van der Waals surface area contributed by atoms with Crippen molar-refractivity contribution in [3.63, 3.8) is 0 Å². The van der Waals surface area contributed by atoms with Crippen LogP contribution < -0.4 is 29.6 Å². The van der Waals surface area contributed by atoms with Crippen LogP contribution in [-0.2, 0) is 10.1 Å². The van der Waals surface area contributed by atoms with Crippen molar-refractivity contribution in [1.29, 1.82) is 0 Å². The Morgan fingerprint density at radius 1 is 1.24 bits per heavy atom. The van der Waals surface area contributed by atoms with E-state index in [9.17, 15) is 23.4 Å². The van der Waals surface area contributed by atoms with E-state index in [1.165, 1.54) is 0 Å². The first-order valence-electron chi connectivity index (χ1n) is 5.78. The monoisotopic (exact) mass is 325 g/mol. The number of nitrogens with zero attached hydrogens (tertiary/aromatic N) is 2. The second-order valence-corrected chi connectivity index (χ2v) is 6.91. The van der Waals surface area contributed by atoms with E-state index in [1.807, 2.05) is 0 Å². The van der Waals surface area contributed by atoms with Crippen molar-refractivity contribution in [2.24, 2.45) is 0 Å². The van der Waals surface area contributed by atoms with Crippen molar-refractivity contribution in [2.45, 2.75) is 43.9 Å². The Hall–Kier alpha value is -0.580. The normalized spacial score (nSPS) is 20.6. The molecular formula is C11H14N2NaO6S-. The van der Waals surface area contributed by atoms with Gasteiger partial charge in [0.25, 0.3) is 0 Å². The minimum atomic E-state index is -4.78. The molecule has 21 heavy (non-hydrogen) atoms. The third-order valence-electron chi connectivity index (χ3n) is 3.95. The standard InChI is InChI=1S/C11H15N2O6S.Na/c1-10(2)11(3,4)13(15)9(12(10)14)7-5-6-8(19-7)20(16,17)18;/h5-6H,1-4H3,(H,16,17,18);/q-1;+1/p-1. The zero-order valence-electron chi connectivity index (χ0n) is 12.4. The Bertz CT molecular complexity index is 691. The first-order valence-corrected chi connectivity index (χ1v) is 7.19. The summed E-state index contributed by atoms with van der Waals surface area (Å²) in [7, 11) is -4.78. The van der Waals surface area contributed by atoms with Gasteiger partial charge in [-0.05, 0) is 39.8 Å². The molecule has 0 unspecified atom stereocenters. The molecule has 0 radical (unpaired) electrons. The first kappa shape index (κ1) is 18.5. The van der Waals surface area contributed by atoms with Gasteiger partial charge in [-0.1, -0.05) is 0 Å². The molecule has 1 aliphatic heterocycles. The van der Waals surface area contributed by atoms with E-state index in [2.05, 4.69) is 0 Å². The van der Waals surface area contributed by atoms with Crippen LogP contribution in [0.25, 0.3) is 0 Å². The Balaban J connectivity index is 0.00000220. The summed E-state index contributed by atoms with van der Waals surface area (Å²) in [6.45, 7) is 6.36. The van der Waals surface area contributed by atoms with Crippen LogP contribution in [0.5, 0.6) is 0 Å². The van der Waals surface area contributed by atoms with E-state index < -0.39 is 26.3 Å². The van der Waals surface area contributed by atoms with Gasteiger partial charge in [0, 0.05) is 0 Å². The Labute approximate surface area is 144 Å². The molecule has 2 heterocycles. The van der Waals surface area contributed by atoms with Gasteiger partial charge in [0.1, 0.15) is 11.1 Å². The number of furan rings is 1. The molecule has 0 aliphatic carbocycles. The van der Waals surface area contributed by atoms with Gasteiger partial charge in [0.05, 0.1) is 0 Å². The largest absolute Gasteiger partial charge is 1.00 e. The van der Waals surface area contributed by atoms with Crippen molar-refractivity contribution < 1.29 is 51.7 Å². The quantitative estimate of drug-likeness (QED) is 0.262. The van der Waals surface area contributed by atoms with E-state index in [4.69, 9.17) is 4.42 Å². The maximum Gasteiger partial charge on any atom is 1.00 e. The minimum absolute atomic E-state index is 0. The maximum absolute atomic E-state index is 12.3. The van der Waals surface area contributed by atoms with Crippen LogP contribution in [0, 0.1) is 10.4 Å². The number of rotatable bonds is 2. The second kappa shape index (κ2) is 5.25. The summed E-state index contributed by atoms with van der Waals surface area (Å²) in [6, 6.07) is 2.04. The molecule has 0 atom stereocenters. The molecule has 10 heteroatoms. The number of amidine groups is 1. The molecule has 0 amide bonds. The molecule has 0 spiro atoms. The van der Waals surface area contributed by atoms with E-state index in [1.54, 1.807) is 27.7 Å². The van der Waals surface area contributed by atoms with E-state index in [0.29, 0.717) is 9.80 Å². The van der Waals surface area contributed by atoms with Crippen LogP contribution >= 0.6 is 0 Å². The summed E-state index contributed by atoms with van der Waals surface area (Å²) in [5, 5.41) is 24.2. The first-order chi connectivity index (χ1) is 8.90. The van der Waals surface area contributed by atoms with Gasteiger partial charge >= 0.3 is 35.4 Å². The zero-order chi connectivity index (χ0) is 15.5. The topological polar surface area (TPSA) is 123 Å². The molecule has 112 valence electrons. The predicted molar refractivity (Wildman–Crippen MR) is 67.8 cm³/mol. The van der Waals surface area contributed by atoms with Gasteiger partial charge in [0.15, 0.2) is 10.1 Å². The molecule has 1 aromatic heterocycles. The fourth-order valence-electron chi connectivity index (χ4n) is 1.88.